The van der Waals surface area contributed by atoms with Crippen LogP contribution in [0, 0.1) is 46.8 Å². The van der Waals surface area contributed by atoms with Gasteiger partial charge in [0, 0.05) is 11.3 Å². The normalized spacial score (nSPS) is 54.3. The van der Waals surface area contributed by atoms with Gasteiger partial charge in [0.15, 0.2) is 0 Å². The van der Waals surface area contributed by atoms with Crippen molar-refractivity contribution in [1.82, 2.24) is 0 Å². The van der Waals surface area contributed by atoms with E-state index < -0.39 is 25.4 Å². The van der Waals surface area contributed by atoms with E-state index in [1.165, 1.54) is 0 Å². The van der Waals surface area contributed by atoms with Crippen LogP contribution in [0.15, 0.2) is 12.2 Å². The summed E-state index contributed by atoms with van der Waals surface area (Å²) >= 11 is 0. The zero-order valence-corrected chi connectivity index (χ0v) is 10.4. The van der Waals surface area contributed by atoms with Crippen LogP contribution >= 0.6 is 0 Å². The minimum atomic E-state index is -0.987. The van der Waals surface area contributed by atoms with Crippen molar-refractivity contribution in [3.63, 3.8) is 0 Å². The minimum Gasteiger partial charge on any atom is -0.251 e. The van der Waals surface area contributed by atoms with E-state index in [9.17, 15) is 13.2 Å². The van der Waals surface area contributed by atoms with Gasteiger partial charge in [-0.15, -0.1) is 0 Å². The molecule has 0 aromatic heterocycles. The van der Waals surface area contributed by atoms with Gasteiger partial charge in [-0.2, -0.15) is 0 Å². The molecule has 0 N–H and O–H groups in total. The molecule has 0 aromatic rings. The average Bonchev–Trinajstić information content (AvgIpc) is 3.13. The number of halogens is 3. The smallest absolute Gasteiger partial charge is 0.0982 e. The van der Waals surface area contributed by atoms with Crippen LogP contribution in [-0.4, -0.2) is 20.0 Å². The number of allylic oxidation sites excluding steroid dienone is 2. The van der Waals surface area contributed by atoms with Crippen LogP contribution in [0.4, 0.5) is 13.2 Å². The highest BCUT2D eigenvalue weighted by Crippen LogP contribution is 2.72. The van der Waals surface area contributed by atoms with E-state index in [2.05, 4.69) is 12.2 Å². The minimum absolute atomic E-state index is 0.0863. The number of hydrogen-bond acceptors (Lipinski definition) is 0. The van der Waals surface area contributed by atoms with Crippen molar-refractivity contribution in [2.45, 2.75) is 12.8 Å². The number of hydrogen-bond donors (Lipinski definition) is 0. The van der Waals surface area contributed by atoms with Crippen LogP contribution in [-0.2, 0) is 0 Å². The summed E-state index contributed by atoms with van der Waals surface area (Å²) in [4.78, 5) is 0. The summed E-state index contributed by atoms with van der Waals surface area (Å²) in [5.41, 5.74) is -0.987. The van der Waals surface area contributed by atoms with Gasteiger partial charge < -0.3 is 0 Å². The third kappa shape index (κ3) is 1.03. The van der Waals surface area contributed by atoms with Gasteiger partial charge in [-0.25, -0.2) is 0 Å². The Morgan fingerprint density at radius 1 is 0.944 bits per heavy atom. The van der Waals surface area contributed by atoms with Gasteiger partial charge in [0.2, 0.25) is 0 Å². The van der Waals surface area contributed by atoms with Gasteiger partial charge in [-0.05, 0) is 48.3 Å². The van der Waals surface area contributed by atoms with Crippen molar-refractivity contribution < 1.29 is 13.2 Å². The highest BCUT2D eigenvalue weighted by Gasteiger charge is 2.70. The predicted molar refractivity (Wildman–Crippen MR) is 63.2 cm³/mol. The molecule has 0 aromatic carbocycles. The molecule has 18 heavy (non-hydrogen) atoms. The highest BCUT2D eigenvalue weighted by molar-refractivity contribution is 5.24. The molecule has 0 heterocycles. The van der Waals surface area contributed by atoms with Crippen LogP contribution < -0.4 is 0 Å². The molecule has 0 radical (unpaired) electrons. The first-order valence-corrected chi connectivity index (χ1v) is 7.13. The van der Waals surface area contributed by atoms with Crippen molar-refractivity contribution in [2.75, 3.05) is 20.0 Å². The first kappa shape index (κ1) is 11.4. The molecule has 0 amide bonds. The van der Waals surface area contributed by atoms with E-state index in [4.69, 9.17) is 0 Å². The quantitative estimate of drug-likeness (QED) is 0.535. The van der Waals surface area contributed by atoms with Crippen LogP contribution in [0.1, 0.15) is 12.8 Å². The number of rotatable bonds is 3. The fourth-order valence-corrected chi connectivity index (χ4v) is 6.13. The molecule has 4 bridgehead atoms. The van der Waals surface area contributed by atoms with Gasteiger partial charge in [0.05, 0.1) is 20.0 Å². The van der Waals surface area contributed by atoms with E-state index >= 15 is 0 Å². The van der Waals surface area contributed by atoms with E-state index in [0.717, 1.165) is 12.8 Å². The molecule has 0 saturated heterocycles. The van der Waals surface area contributed by atoms with E-state index in [0.29, 0.717) is 23.7 Å². The van der Waals surface area contributed by atoms with E-state index in [1.54, 1.807) is 0 Å². The fraction of sp³-hybridized carbons (Fsp3) is 0.867. The third-order valence-corrected chi connectivity index (χ3v) is 6.73. The first-order valence-electron chi connectivity index (χ1n) is 7.13. The molecule has 0 spiro atoms. The number of fused-ring (bicyclic) bond motifs is 9. The molecule has 7 atom stereocenters. The summed E-state index contributed by atoms with van der Waals surface area (Å²) in [5.74, 6) is 2.01. The number of alkyl halides is 3. The summed E-state index contributed by atoms with van der Waals surface area (Å²) in [5, 5.41) is 0. The molecule has 3 saturated carbocycles. The zero-order valence-electron chi connectivity index (χ0n) is 10.4. The predicted octanol–water partition coefficient (Wildman–Crippen LogP) is 3.59. The Bertz CT molecular complexity index is 387. The lowest BCUT2D eigenvalue weighted by Gasteiger charge is -2.47. The largest absolute Gasteiger partial charge is 0.251 e. The van der Waals surface area contributed by atoms with Crippen LogP contribution in [0.2, 0.25) is 0 Å². The Balaban J connectivity index is 1.76. The second kappa shape index (κ2) is 3.55. The van der Waals surface area contributed by atoms with E-state index in [1.807, 2.05) is 0 Å². The molecular weight excluding hydrogens is 237 g/mol. The Morgan fingerprint density at radius 2 is 1.61 bits per heavy atom. The molecule has 0 nitrogen and oxygen atoms in total. The standard InChI is InChI=1S/C15H19F3/c16-5-12-10-4-11(15(12,6-17)7-18)14-9-2-1-8(3-9)13(10)14/h1-2,8-14H,3-7H2. The molecule has 7 unspecified atom stereocenters. The Kier molecular flexibility index (Phi) is 2.24. The van der Waals surface area contributed by atoms with Crippen molar-refractivity contribution in [1.29, 1.82) is 0 Å². The summed E-state index contributed by atoms with van der Waals surface area (Å²) in [6, 6.07) is 0. The monoisotopic (exact) mass is 256 g/mol. The fourth-order valence-electron chi connectivity index (χ4n) is 6.13. The summed E-state index contributed by atoms with van der Waals surface area (Å²) in [6.07, 6.45) is 6.54. The van der Waals surface area contributed by atoms with Gasteiger partial charge in [0.1, 0.15) is 0 Å². The molecule has 3 heteroatoms. The van der Waals surface area contributed by atoms with Gasteiger partial charge in [0.25, 0.3) is 0 Å². The molecule has 4 rings (SSSR count). The first-order chi connectivity index (χ1) is 8.76. The van der Waals surface area contributed by atoms with Crippen LogP contribution in [0.25, 0.3) is 0 Å². The zero-order chi connectivity index (χ0) is 12.5. The maximum Gasteiger partial charge on any atom is 0.0982 e. The summed E-state index contributed by atoms with van der Waals surface area (Å²) in [6.45, 7) is -1.90. The van der Waals surface area contributed by atoms with E-state index in [-0.39, 0.29) is 17.8 Å². The molecule has 0 aliphatic heterocycles. The van der Waals surface area contributed by atoms with Crippen LogP contribution in [0.3, 0.4) is 0 Å². The summed E-state index contributed by atoms with van der Waals surface area (Å²) < 4.78 is 40.4. The molecule has 4 aliphatic carbocycles. The van der Waals surface area contributed by atoms with Crippen molar-refractivity contribution in [3.05, 3.63) is 12.2 Å². The molecule has 3 fully saturated rings. The van der Waals surface area contributed by atoms with Crippen molar-refractivity contribution in [2.24, 2.45) is 46.8 Å². The Labute approximate surface area is 106 Å². The summed E-state index contributed by atoms with van der Waals surface area (Å²) in [7, 11) is 0. The molecule has 4 aliphatic rings. The molecular formula is C15H19F3. The van der Waals surface area contributed by atoms with Gasteiger partial charge in [-0.3, -0.25) is 13.2 Å². The Hall–Kier alpha value is -0.470. The van der Waals surface area contributed by atoms with Gasteiger partial charge in [-0.1, -0.05) is 12.2 Å². The lowest BCUT2D eigenvalue weighted by Crippen LogP contribution is -2.49. The second-order valence-corrected chi connectivity index (χ2v) is 6.87. The van der Waals surface area contributed by atoms with Crippen molar-refractivity contribution in [3.8, 4) is 0 Å². The maximum absolute atomic E-state index is 13.5. The van der Waals surface area contributed by atoms with Gasteiger partial charge >= 0.3 is 0 Å². The third-order valence-electron chi connectivity index (χ3n) is 6.73. The van der Waals surface area contributed by atoms with Crippen LogP contribution in [0.5, 0.6) is 0 Å². The Morgan fingerprint density at radius 3 is 2.22 bits per heavy atom. The van der Waals surface area contributed by atoms with Crippen molar-refractivity contribution >= 4 is 0 Å². The lowest BCUT2D eigenvalue weighted by atomic mass is 9.58. The highest BCUT2D eigenvalue weighted by atomic mass is 19.1. The second-order valence-electron chi connectivity index (χ2n) is 6.87. The topological polar surface area (TPSA) is 0 Å². The lowest BCUT2D eigenvalue weighted by molar-refractivity contribution is -0.0459. The molecule has 100 valence electrons. The average molecular weight is 256 g/mol. The maximum atomic E-state index is 13.5. The SMILES string of the molecule is FCC1C2CC(C3C4C=CC(C4)C23)C1(CF)CF.